The van der Waals surface area contributed by atoms with E-state index >= 15 is 0 Å². The van der Waals surface area contributed by atoms with Crippen LogP contribution in [0.5, 0.6) is 5.75 Å². The van der Waals surface area contributed by atoms with Crippen LogP contribution >= 0.6 is 11.6 Å². The molecule has 2 aromatic rings. The van der Waals surface area contributed by atoms with Gasteiger partial charge in [-0.1, -0.05) is 36.4 Å². The third-order valence-corrected chi connectivity index (χ3v) is 4.57. The van der Waals surface area contributed by atoms with Crippen LogP contribution in [0.25, 0.3) is 5.70 Å². The van der Waals surface area contributed by atoms with E-state index < -0.39 is 0 Å². The minimum absolute atomic E-state index is 0.00388. The molecule has 29 heavy (non-hydrogen) atoms. The van der Waals surface area contributed by atoms with Crippen molar-refractivity contribution in [3.8, 4) is 5.75 Å². The second-order valence-corrected chi connectivity index (χ2v) is 7.18. The van der Waals surface area contributed by atoms with Gasteiger partial charge in [0.05, 0.1) is 16.8 Å². The highest BCUT2D eigenvalue weighted by molar-refractivity contribution is 6.32. The van der Waals surface area contributed by atoms with Crippen LogP contribution in [0.2, 0.25) is 5.02 Å². The van der Waals surface area contributed by atoms with Gasteiger partial charge in [0.2, 0.25) is 5.90 Å². The summed E-state index contributed by atoms with van der Waals surface area (Å²) in [6, 6.07) is 11.0. The lowest BCUT2D eigenvalue weighted by molar-refractivity contribution is 0.242. The lowest BCUT2D eigenvalue weighted by Gasteiger charge is -2.15. The zero-order valence-electron chi connectivity index (χ0n) is 16.8. The first-order valence-corrected chi connectivity index (χ1v) is 9.82. The second kappa shape index (κ2) is 11.0. The molecule has 0 aliphatic carbocycles. The molecule has 0 spiro atoms. The van der Waals surface area contributed by atoms with Crippen molar-refractivity contribution in [3.05, 3.63) is 70.3 Å². The normalized spacial score (nSPS) is 11.6. The lowest BCUT2D eigenvalue weighted by Crippen LogP contribution is -2.13. The Balaban J connectivity index is 2.39. The standard InChI is InChI=1S/C22H28ClN3O3/c1-14(2)28-21-10-9-16(12-20(21)23)22(29-25)26-15(3)18-7-4-6-17(13-24)19(18)8-5-11-27/h4,6-7,9-10,12,14,27H,3,5,8,11,13,24-25H2,1-2H3/b26-22-. The Morgan fingerprint density at radius 1 is 1.28 bits per heavy atom. The fourth-order valence-corrected chi connectivity index (χ4v) is 3.20. The van der Waals surface area contributed by atoms with Crippen molar-refractivity contribution >= 4 is 23.2 Å². The molecule has 0 radical (unpaired) electrons. The van der Waals surface area contributed by atoms with E-state index in [0.29, 0.717) is 41.4 Å². The molecule has 0 amide bonds. The van der Waals surface area contributed by atoms with Crippen molar-refractivity contribution < 1.29 is 14.7 Å². The molecule has 0 saturated heterocycles. The number of aliphatic hydroxyl groups excluding tert-OH is 1. The van der Waals surface area contributed by atoms with Gasteiger partial charge < -0.3 is 20.4 Å². The number of aliphatic hydroxyl groups is 1. The predicted molar refractivity (Wildman–Crippen MR) is 118 cm³/mol. The summed E-state index contributed by atoms with van der Waals surface area (Å²) in [6.07, 6.45) is 1.29. The molecule has 7 heteroatoms. The lowest BCUT2D eigenvalue weighted by atomic mass is 9.95. The van der Waals surface area contributed by atoms with Gasteiger partial charge in [0, 0.05) is 24.3 Å². The quantitative estimate of drug-likeness (QED) is 0.327. The van der Waals surface area contributed by atoms with Gasteiger partial charge >= 0.3 is 0 Å². The summed E-state index contributed by atoms with van der Waals surface area (Å²) >= 11 is 6.31. The van der Waals surface area contributed by atoms with Crippen LogP contribution < -0.4 is 16.4 Å². The van der Waals surface area contributed by atoms with Crippen LogP contribution in [0.1, 0.15) is 42.5 Å². The van der Waals surface area contributed by atoms with Gasteiger partial charge in [-0.05, 0) is 56.0 Å². The van der Waals surface area contributed by atoms with Crippen LogP contribution in [-0.4, -0.2) is 23.7 Å². The van der Waals surface area contributed by atoms with Crippen LogP contribution in [-0.2, 0) is 17.8 Å². The fraction of sp³-hybridized carbons (Fsp3) is 0.318. The number of benzene rings is 2. The fourth-order valence-electron chi connectivity index (χ4n) is 2.97. The number of ether oxygens (including phenoxy) is 1. The third kappa shape index (κ3) is 6.05. The highest BCUT2D eigenvalue weighted by Gasteiger charge is 2.14. The molecule has 0 aliphatic rings. The van der Waals surface area contributed by atoms with Gasteiger partial charge in [-0.2, -0.15) is 5.90 Å². The number of rotatable bonds is 9. The summed E-state index contributed by atoms with van der Waals surface area (Å²) in [5.41, 5.74) is 9.78. The molecule has 2 aromatic carbocycles. The molecule has 0 heterocycles. The number of hydrogen-bond acceptors (Lipinski definition) is 6. The molecular weight excluding hydrogens is 390 g/mol. The monoisotopic (exact) mass is 417 g/mol. The van der Waals surface area contributed by atoms with Gasteiger partial charge in [0.25, 0.3) is 0 Å². The van der Waals surface area contributed by atoms with E-state index in [-0.39, 0.29) is 18.6 Å². The number of aliphatic imine (C=N–C) groups is 1. The molecule has 0 atom stereocenters. The van der Waals surface area contributed by atoms with E-state index in [1.165, 1.54) is 0 Å². The molecule has 5 N–H and O–H groups in total. The first kappa shape index (κ1) is 22.9. The van der Waals surface area contributed by atoms with Crippen molar-refractivity contribution in [1.82, 2.24) is 0 Å². The Labute approximate surface area is 176 Å². The minimum Gasteiger partial charge on any atom is -0.489 e. The highest BCUT2D eigenvalue weighted by Crippen LogP contribution is 2.28. The molecule has 156 valence electrons. The Morgan fingerprint density at radius 3 is 2.62 bits per heavy atom. The van der Waals surface area contributed by atoms with E-state index in [0.717, 1.165) is 16.7 Å². The van der Waals surface area contributed by atoms with E-state index in [4.69, 9.17) is 32.8 Å². The number of halogens is 1. The van der Waals surface area contributed by atoms with Gasteiger partial charge in [0.15, 0.2) is 0 Å². The molecule has 0 saturated carbocycles. The third-order valence-electron chi connectivity index (χ3n) is 4.28. The number of hydrogen-bond donors (Lipinski definition) is 3. The molecule has 0 aliphatic heterocycles. The van der Waals surface area contributed by atoms with Crippen molar-refractivity contribution in [3.63, 3.8) is 0 Å². The van der Waals surface area contributed by atoms with Crippen LogP contribution in [0.3, 0.4) is 0 Å². The average molecular weight is 418 g/mol. The summed E-state index contributed by atoms with van der Waals surface area (Å²) in [5.74, 6) is 6.23. The topological polar surface area (TPSA) is 103 Å². The first-order valence-electron chi connectivity index (χ1n) is 9.44. The summed E-state index contributed by atoms with van der Waals surface area (Å²) in [6.45, 7) is 8.41. The van der Waals surface area contributed by atoms with E-state index in [1.807, 2.05) is 32.0 Å². The maximum Gasteiger partial charge on any atom is 0.245 e. The zero-order valence-corrected chi connectivity index (χ0v) is 17.6. The maximum absolute atomic E-state index is 9.22. The van der Waals surface area contributed by atoms with Gasteiger partial charge in [-0.15, -0.1) is 0 Å². The Bertz CT molecular complexity index is 882. The van der Waals surface area contributed by atoms with Gasteiger partial charge in [0.1, 0.15) is 5.75 Å². The van der Waals surface area contributed by atoms with Crippen LogP contribution in [0.15, 0.2) is 48.0 Å². The molecule has 6 nitrogen and oxygen atoms in total. The van der Waals surface area contributed by atoms with Crippen molar-refractivity contribution in [2.24, 2.45) is 16.6 Å². The molecule has 0 fully saturated rings. The molecule has 0 unspecified atom stereocenters. The molecule has 0 bridgehead atoms. The summed E-state index contributed by atoms with van der Waals surface area (Å²) in [7, 11) is 0. The van der Waals surface area contributed by atoms with Crippen LogP contribution in [0, 0.1) is 0 Å². The minimum atomic E-state index is 0.00388. The zero-order chi connectivity index (χ0) is 21.4. The summed E-state index contributed by atoms with van der Waals surface area (Å²) < 4.78 is 5.65. The number of nitrogens with zero attached hydrogens (tertiary/aromatic N) is 1. The van der Waals surface area contributed by atoms with E-state index in [1.54, 1.807) is 18.2 Å². The Morgan fingerprint density at radius 2 is 2.03 bits per heavy atom. The van der Waals surface area contributed by atoms with Crippen molar-refractivity contribution in [2.45, 2.75) is 39.3 Å². The second-order valence-electron chi connectivity index (χ2n) is 6.77. The Hall–Kier alpha value is -2.38. The number of nitrogens with two attached hydrogens (primary N) is 2. The van der Waals surface area contributed by atoms with Crippen molar-refractivity contribution in [1.29, 1.82) is 0 Å². The van der Waals surface area contributed by atoms with Gasteiger partial charge in [-0.25, -0.2) is 4.99 Å². The van der Waals surface area contributed by atoms with Crippen molar-refractivity contribution in [2.75, 3.05) is 6.61 Å². The summed E-state index contributed by atoms with van der Waals surface area (Å²) in [4.78, 5) is 9.49. The summed E-state index contributed by atoms with van der Waals surface area (Å²) in [5, 5.41) is 9.65. The SMILES string of the molecule is C=C(/N=C(\ON)c1ccc(OC(C)C)c(Cl)c1)c1cccc(CN)c1CCCO. The van der Waals surface area contributed by atoms with E-state index in [9.17, 15) is 5.11 Å². The molecule has 0 aromatic heterocycles. The molecular formula is C22H28ClN3O3. The largest absolute Gasteiger partial charge is 0.489 e. The van der Waals surface area contributed by atoms with E-state index in [2.05, 4.69) is 11.6 Å². The first-order chi connectivity index (χ1) is 13.9. The van der Waals surface area contributed by atoms with Gasteiger partial charge in [-0.3, -0.25) is 0 Å². The molecule has 2 rings (SSSR count). The predicted octanol–water partition coefficient (Wildman–Crippen LogP) is 3.82. The Kier molecular flexibility index (Phi) is 8.67. The average Bonchev–Trinajstić information content (AvgIpc) is 2.71. The van der Waals surface area contributed by atoms with Crippen LogP contribution in [0.4, 0.5) is 0 Å². The highest BCUT2D eigenvalue weighted by atomic mass is 35.5. The maximum atomic E-state index is 9.22. The smallest absolute Gasteiger partial charge is 0.245 e.